The van der Waals surface area contributed by atoms with Crippen LogP contribution in [-0.4, -0.2) is 13.0 Å². The SMILES string of the molecule is Cc1ccc(S(=O)(=O)O)c(C2(CCc3cc(C(C)(C)C)cc(C(C)(C)C)c3)CCCC2)c1. The van der Waals surface area contributed by atoms with Crippen molar-refractivity contribution >= 4 is 10.1 Å². The van der Waals surface area contributed by atoms with Gasteiger partial charge in [-0.25, -0.2) is 0 Å². The van der Waals surface area contributed by atoms with Gasteiger partial charge >= 0.3 is 0 Å². The molecule has 0 atom stereocenters. The summed E-state index contributed by atoms with van der Waals surface area (Å²) in [5.41, 5.74) is 5.75. The largest absolute Gasteiger partial charge is 0.294 e. The van der Waals surface area contributed by atoms with Crippen LogP contribution >= 0.6 is 0 Å². The summed E-state index contributed by atoms with van der Waals surface area (Å²) in [6.45, 7) is 15.5. The Morgan fingerprint density at radius 3 is 1.88 bits per heavy atom. The first kappa shape index (κ1) is 25.0. The number of hydrogen-bond acceptors (Lipinski definition) is 2. The summed E-state index contributed by atoms with van der Waals surface area (Å²) in [6.07, 6.45) is 5.89. The molecule has 1 fully saturated rings. The van der Waals surface area contributed by atoms with E-state index in [0.29, 0.717) is 0 Å². The fourth-order valence-electron chi connectivity index (χ4n) is 5.07. The number of rotatable bonds is 5. The third-order valence-corrected chi connectivity index (χ3v) is 8.07. The molecule has 0 heterocycles. The molecule has 4 heteroatoms. The minimum absolute atomic E-state index is 0.0652. The zero-order valence-corrected chi connectivity index (χ0v) is 21.7. The molecule has 1 N–H and O–H groups in total. The molecule has 176 valence electrons. The Bertz CT molecular complexity index is 1040. The third kappa shape index (κ3) is 5.46. The topological polar surface area (TPSA) is 54.4 Å². The average molecular weight is 457 g/mol. The van der Waals surface area contributed by atoms with E-state index < -0.39 is 10.1 Å². The summed E-state index contributed by atoms with van der Waals surface area (Å²) in [5, 5.41) is 0. The van der Waals surface area contributed by atoms with Crippen LogP contribution in [0.3, 0.4) is 0 Å². The first-order valence-electron chi connectivity index (χ1n) is 11.9. The zero-order chi connectivity index (χ0) is 23.9. The van der Waals surface area contributed by atoms with Gasteiger partial charge < -0.3 is 0 Å². The molecule has 3 rings (SSSR count). The van der Waals surface area contributed by atoms with Gasteiger partial charge in [-0.2, -0.15) is 8.42 Å². The van der Waals surface area contributed by atoms with Crippen LogP contribution in [-0.2, 0) is 32.8 Å². The van der Waals surface area contributed by atoms with Gasteiger partial charge in [0.1, 0.15) is 0 Å². The van der Waals surface area contributed by atoms with E-state index in [4.69, 9.17) is 0 Å². The van der Waals surface area contributed by atoms with Gasteiger partial charge in [0, 0.05) is 0 Å². The standard InChI is InChI=1S/C28H40O3S/c1-20-10-11-25(32(29,30)31)24(16-20)28(13-8-9-14-28)15-12-21-17-22(26(2,3)4)19-23(18-21)27(5,6)7/h10-11,16-19H,8-9,12-15H2,1-7H3,(H,29,30,31). The highest BCUT2D eigenvalue weighted by atomic mass is 32.2. The van der Waals surface area contributed by atoms with E-state index in [-0.39, 0.29) is 21.1 Å². The van der Waals surface area contributed by atoms with Gasteiger partial charge in [-0.3, -0.25) is 4.55 Å². The predicted molar refractivity (Wildman–Crippen MR) is 133 cm³/mol. The second-order valence-corrected chi connectivity index (χ2v) is 13.3. The van der Waals surface area contributed by atoms with Crippen LogP contribution in [0.15, 0.2) is 41.3 Å². The van der Waals surface area contributed by atoms with Crippen LogP contribution in [0.25, 0.3) is 0 Å². The van der Waals surface area contributed by atoms with Gasteiger partial charge in [0.2, 0.25) is 0 Å². The summed E-state index contributed by atoms with van der Waals surface area (Å²) < 4.78 is 34.4. The van der Waals surface area contributed by atoms with Gasteiger partial charge in [-0.15, -0.1) is 0 Å². The van der Waals surface area contributed by atoms with Crippen LogP contribution in [0.4, 0.5) is 0 Å². The predicted octanol–water partition coefficient (Wildman–Crippen LogP) is 7.28. The van der Waals surface area contributed by atoms with E-state index >= 15 is 0 Å². The van der Waals surface area contributed by atoms with Gasteiger partial charge in [-0.05, 0) is 77.2 Å². The Morgan fingerprint density at radius 2 is 1.41 bits per heavy atom. The summed E-state index contributed by atoms with van der Waals surface area (Å²) in [7, 11) is -4.26. The fourth-order valence-corrected chi connectivity index (χ4v) is 5.87. The van der Waals surface area contributed by atoms with Crippen molar-refractivity contribution in [1.29, 1.82) is 0 Å². The molecule has 1 aliphatic rings. The first-order chi connectivity index (χ1) is 14.6. The number of hydrogen-bond donors (Lipinski definition) is 1. The van der Waals surface area contributed by atoms with Crippen molar-refractivity contribution in [3.8, 4) is 0 Å². The smallest absolute Gasteiger partial charge is 0.282 e. The Labute approximate surface area is 195 Å². The second kappa shape index (κ2) is 8.61. The zero-order valence-electron chi connectivity index (χ0n) is 20.9. The third-order valence-electron chi connectivity index (χ3n) is 7.16. The quantitative estimate of drug-likeness (QED) is 0.481. The van der Waals surface area contributed by atoms with Crippen LogP contribution in [0.5, 0.6) is 0 Å². The molecule has 0 amide bonds. The highest BCUT2D eigenvalue weighted by molar-refractivity contribution is 7.85. The molecular formula is C28H40O3S. The maximum Gasteiger partial charge on any atom is 0.294 e. The highest BCUT2D eigenvalue weighted by Crippen LogP contribution is 2.47. The van der Waals surface area contributed by atoms with Crippen molar-refractivity contribution in [2.24, 2.45) is 0 Å². The molecular weight excluding hydrogens is 416 g/mol. The lowest BCUT2D eigenvalue weighted by Crippen LogP contribution is -2.26. The van der Waals surface area contributed by atoms with Crippen molar-refractivity contribution < 1.29 is 13.0 Å². The van der Waals surface area contributed by atoms with E-state index in [1.165, 1.54) is 16.7 Å². The van der Waals surface area contributed by atoms with Crippen molar-refractivity contribution in [2.45, 2.75) is 108 Å². The minimum atomic E-state index is -4.26. The maximum atomic E-state index is 12.2. The molecule has 0 spiro atoms. The van der Waals surface area contributed by atoms with Gasteiger partial charge in [0.15, 0.2) is 0 Å². The van der Waals surface area contributed by atoms with Crippen molar-refractivity contribution in [2.75, 3.05) is 0 Å². The molecule has 32 heavy (non-hydrogen) atoms. The van der Waals surface area contributed by atoms with Crippen LogP contribution < -0.4 is 0 Å². The average Bonchev–Trinajstić information content (AvgIpc) is 3.14. The molecule has 0 unspecified atom stereocenters. The van der Waals surface area contributed by atoms with Crippen LogP contribution in [0.2, 0.25) is 0 Å². The molecule has 1 aliphatic carbocycles. The maximum absolute atomic E-state index is 12.2. The van der Waals surface area contributed by atoms with Crippen molar-refractivity contribution in [1.82, 2.24) is 0 Å². The van der Waals surface area contributed by atoms with E-state index in [2.05, 4.69) is 59.7 Å². The fraction of sp³-hybridized carbons (Fsp3) is 0.571. The summed E-state index contributed by atoms with van der Waals surface area (Å²) in [6, 6.07) is 12.3. The van der Waals surface area contributed by atoms with Gasteiger partial charge in [0.25, 0.3) is 10.1 Å². The van der Waals surface area contributed by atoms with Crippen LogP contribution in [0, 0.1) is 6.92 Å². The number of benzene rings is 2. The Morgan fingerprint density at radius 1 is 0.875 bits per heavy atom. The molecule has 0 saturated heterocycles. The second-order valence-electron chi connectivity index (χ2n) is 11.9. The monoisotopic (exact) mass is 456 g/mol. The molecule has 3 nitrogen and oxygen atoms in total. The lowest BCUT2D eigenvalue weighted by Gasteiger charge is -2.32. The first-order valence-corrected chi connectivity index (χ1v) is 13.3. The molecule has 0 aromatic heterocycles. The molecule has 2 aromatic carbocycles. The lowest BCUT2D eigenvalue weighted by atomic mass is 9.73. The molecule has 2 aromatic rings. The minimum Gasteiger partial charge on any atom is -0.282 e. The summed E-state index contributed by atoms with van der Waals surface area (Å²) in [5.74, 6) is 0. The Kier molecular flexibility index (Phi) is 6.72. The lowest BCUT2D eigenvalue weighted by molar-refractivity contribution is 0.393. The summed E-state index contributed by atoms with van der Waals surface area (Å²) >= 11 is 0. The molecule has 0 radical (unpaired) electrons. The van der Waals surface area contributed by atoms with E-state index in [9.17, 15) is 13.0 Å². The molecule has 1 saturated carbocycles. The van der Waals surface area contributed by atoms with Gasteiger partial charge in [0.05, 0.1) is 4.90 Å². The Balaban J connectivity index is 2.04. The highest BCUT2D eigenvalue weighted by Gasteiger charge is 2.39. The van der Waals surface area contributed by atoms with Crippen molar-refractivity contribution in [3.05, 3.63) is 64.2 Å². The normalized spacial score (nSPS) is 17.0. The van der Waals surface area contributed by atoms with E-state index in [1.807, 2.05) is 13.0 Å². The Hall–Kier alpha value is -1.65. The van der Waals surface area contributed by atoms with E-state index in [0.717, 1.165) is 49.7 Å². The molecule has 0 bridgehead atoms. The molecule has 0 aliphatic heterocycles. The number of aryl methyl sites for hydroxylation is 2. The van der Waals surface area contributed by atoms with E-state index in [1.54, 1.807) is 12.1 Å². The van der Waals surface area contributed by atoms with Gasteiger partial charge in [-0.1, -0.05) is 90.3 Å². The summed E-state index contributed by atoms with van der Waals surface area (Å²) in [4.78, 5) is 0.0869. The van der Waals surface area contributed by atoms with Crippen LogP contribution in [0.1, 0.15) is 101 Å². The van der Waals surface area contributed by atoms with Crippen molar-refractivity contribution in [3.63, 3.8) is 0 Å².